The first-order chi connectivity index (χ1) is 6.97. The second-order valence-corrected chi connectivity index (χ2v) is 7.51. The molecule has 1 heterocycles. The van der Waals surface area contributed by atoms with Crippen LogP contribution in [-0.2, 0) is 11.4 Å². The van der Waals surface area contributed by atoms with Gasteiger partial charge in [0.25, 0.3) is 0 Å². The lowest BCUT2D eigenvalue weighted by atomic mass is 10.0. The maximum absolute atomic E-state index is 11.7. The Kier molecular flexibility index (Phi) is 3.10. The topological polar surface area (TPSA) is 47.5 Å². The number of nitrogens with one attached hydrogen (secondary N) is 1. The molecule has 3 nitrogen and oxygen atoms in total. The first-order valence-corrected chi connectivity index (χ1v) is 6.80. The first-order valence-electron chi connectivity index (χ1n) is 5.69. The monoisotopic (exact) mass is 228 g/mol. The predicted molar refractivity (Wildman–Crippen MR) is 64.4 cm³/mol. The van der Waals surface area contributed by atoms with Crippen LogP contribution in [0.5, 0.6) is 0 Å². The van der Waals surface area contributed by atoms with E-state index in [4.69, 9.17) is 0 Å². The fourth-order valence-electron chi connectivity index (χ4n) is 2.35. The molecule has 2 rings (SSSR count). The molecule has 0 aromatic carbocycles. The maximum atomic E-state index is 11.7. The molecule has 1 aliphatic heterocycles. The summed E-state index contributed by atoms with van der Waals surface area (Å²) in [5.74, 6) is 0.732. The van der Waals surface area contributed by atoms with Crippen molar-refractivity contribution in [2.24, 2.45) is 10.3 Å². The molecule has 2 fully saturated rings. The van der Waals surface area contributed by atoms with Gasteiger partial charge in [-0.1, -0.05) is 4.40 Å². The van der Waals surface area contributed by atoms with Crippen LogP contribution >= 0.6 is 0 Å². The second kappa shape index (κ2) is 4.07. The van der Waals surface area contributed by atoms with Crippen molar-refractivity contribution in [3.8, 4) is 0 Å². The van der Waals surface area contributed by atoms with Crippen LogP contribution in [0.3, 0.4) is 0 Å². The molecule has 1 saturated carbocycles. The number of hydrogen-bond donors (Lipinski definition) is 1. The summed E-state index contributed by atoms with van der Waals surface area (Å²) in [6, 6.07) is 1.06. The van der Waals surface area contributed by atoms with Gasteiger partial charge in [0.2, 0.25) is 0 Å². The molecule has 1 saturated heterocycles. The van der Waals surface area contributed by atoms with Crippen molar-refractivity contribution in [2.75, 3.05) is 0 Å². The van der Waals surface area contributed by atoms with Crippen LogP contribution in [0, 0.1) is 5.92 Å². The third-order valence-corrected chi connectivity index (χ3v) is 4.61. The lowest BCUT2D eigenvalue weighted by Gasteiger charge is -2.21. The van der Waals surface area contributed by atoms with Crippen molar-refractivity contribution in [3.05, 3.63) is 0 Å². The highest BCUT2D eigenvalue weighted by Crippen LogP contribution is 2.34. The zero-order valence-electron chi connectivity index (χ0n) is 9.69. The van der Waals surface area contributed by atoms with Crippen LogP contribution in [0.25, 0.3) is 0 Å². The SMILES string of the molecule is CC(C)(C)[S+]([O-])N=CC1NC2CCC1C2. The zero-order valence-corrected chi connectivity index (χ0v) is 10.5. The van der Waals surface area contributed by atoms with Crippen LogP contribution in [-0.4, -0.2) is 27.6 Å². The van der Waals surface area contributed by atoms with E-state index in [1.54, 1.807) is 0 Å². The third-order valence-electron chi connectivity index (χ3n) is 3.25. The van der Waals surface area contributed by atoms with Gasteiger partial charge in [-0.05, 0) is 46.0 Å². The van der Waals surface area contributed by atoms with Crippen molar-refractivity contribution in [1.82, 2.24) is 5.32 Å². The molecule has 4 heteroatoms. The Morgan fingerprint density at radius 2 is 2.13 bits per heavy atom. The highest BCUT2D eigenvalue weighted by Gasteiger charge is 2.38. The molecule has 1 N–H and O–H groups in total. The molecule has 2 aliphatic rings. The summed E-state index contributed by atoms with van der Waals surface area (Å²) >= 11 is -1.11. The maximum Gasteiger partial charge on any atom is 0.144 e. The van der Waals surface area contributed by atoms with Crippen LogP contribution in [0.1, 0.15) is 40.0 Å². The Balaban J connectivity index is 1.89. The Morgan fingerprint density at radius 3 is 2.60 bits per heavy atom. The number of piperidine rings is 1. The molecule has 0 radical (unpaired) electrons. The molecule has 1 aliphatic carbocycles. The van der Waals surface area contributed by atoms with E-state index < -0.39 is 11.4 Å². The minimum absolute atomic E-state index is 0.242. The highest BCUT2D eigenvalue weighted by molar-refractivity contribution is 7.91. The van der Waals surface area contributed by atoms with E-state index in [0.29, 0.717) is 12.1 Å². The van der Waals surface area contributed by atoms with Gasteiger partial charge in [0.15, 0.2) is 0 Å². The van der Waals surface area contributed by atoms with E-state index in [1.807, 2.05) is 27.0 Å². The minimum atomic E-state index is -1.11. The summed E-state index contributed by atoms with van der Waals surface area (Å²) in [5, 5.41) is 3.51. The van der Waals surface area contributed by atoms with Gasteiger partial charge >= 0.3 is 0 Å². The summed E-state index contributed by atoms with van der Waals surface area (Å²) in [5.41, 5.74) is 0. The third kappa shape index (κ3) is 2.55. The van der Waals surface area contributed by atoms with Gasteiger partial charge in [0.1, 0.15) is 16.1 Å². The van der Waals surface area contributed by atoms with E-state index in [0.717, 1.165) is 5.92 Å². The number of nitrogens with zero attached hydrogens (tertiary/aromatic N) is 1. The van der Waals surface area contributed by atoms with Gasteiger partial charge < -0.3 is 9.87 Å². The number of fused-ring (bicyclic) bond motifs is 2. The number of rotatable bonds is 2. The van der Waals surface area contributed by atoms with Gasteiger partial charge in [-0.3, -0.25) is 0 Å². The average Bonchev–Trinajstić information content (AvgIpc) is 2.73. The Hall–Kier alpha value is -0.0600. The van der Waals surface area contributed by atoms with Crippen molar-refractivity contribution in [1.29, 1.82) is 0 Å². The molecular formula is C11H20N2OS. The molecule has 86 valence electrons. The highest BCUT2D eigenvalue weighted by atomic mass is 32.2. The first kappa shape index (κ1) is 11.4. The molecule has 0 spiro atoms. The van der Waals surface area contributed by atoms with E-state index in [2.05, 4.69) is 9.71 Å². The van der Waals surface area contributed by atoms with E-state index in [9.17, 15) is 4.55 Å². The van der Waals surface area contributed by atoms with E-state index in [-0.39, 0.29) is 4.75 Å². The van der Waals surface area contributed by atoms with E-state index >= 15 is 0 Å². The lowest BCUT2D eigenvalue weighted by Crippen LogP contribution is -2.37. The molecule has 15 heavy (non-hydrogen) atoms. The zero-order chi connectivity index (χ0) is 11.1. The largest absolute Gasteiger partial charge is 0.591 e. The lowest BCUT2D eigenvalue weighted by molar-refractivity contribution is 0.459. The molecule has 0 aromatic rings. The molecule has 0 amide bonds. The summed E-state index contributed by atoms with van der Waals surface area (Å²) in [4.78, 5) is 0. The smallest absolute Gasteiger partial charge is 0.144 e. The summed E-state index contributed by atoms with van der Waals surface area (Å²) in [7, 11) is 0. The Morgan fingerprint density at radius 1 is 1.40 bits per heavy atom. The molecule has 0 aromatic heterocycles. The van der Waals surface area contributed by atoms with Gasteiger partial charge in [-0.2, -0.15) is 0 Å². The Bertz CT molecular complexity index is 262. The molecule has 4 unspecified atom stereocenters. The van der Waals surface area contributed by atoms with Gasteiger partial charge in [-0.25, -0.2) is 0 Å². The fourth-order valence-corrected chi connectivity index (χ4v) is 2.90. The minimum Gasteiger partial charge on any atom is -0.591 e. The van der Waals surface area contributed by atoms with Gasteiger partial charge in [-0.15, -0.1) is 0 Å². The normalized spacial score (nSPS) is 37.7. The van der Waals surface area contributed by atoms with Crippen LogP contribution in [0.4, 0.5) is 0 Å². The van der Waals surface area contributed by atoms with Crippen molar-refractivity contribution in [3.63, 3.8) is 0 Å². The molecule has 4 atom stereocenters. The number of hydrogen-bond acceptors (Lipinski definition) is 3. The van der Waals surface area contributed by atoms with Crippen molar-refractivity contribution < 1.29 is 4.55 Å². The van der Waals surface area contributed by atoms with Crippen LogP contribution in [0.2, 0.25) is 0 Å². The predicted octanol–water partition coefficient (Wildman–Crippen LogP) is 1.66. The van der Waals surface area contributed by atoms with Crippen molar-refractivity contribution in [2.45, 2.75) is 56.9 Å². The standard InChI is InChI=1S/C11H20N2OS/c1-11(2,3)15(14)12-7-10-8-4-5-9(6-8)13-10/h7-10,13H,4-6H2,1-3H3. The average molecular weight is 228 g/mol. The Labute approximate surface area is 95.1 Å². The van der Waals surface area contributed by atoms with Crippen molar-refractivity contribution >= 4 is 17.6 Å². The van der Waals surface area contributed by atoms with Crippen LogP contribution < -0.4 is 5.32 Å². The summed E-state index contributed by atoms with van der Waals surface area (Å²) in [6.45, 7) is 5.86. The molecule has 2 bridgehead atoms. The van der Waals surface area contributed by atoms with Gasteiger partial charge in [0, 0.05) is 6.04 Å². The van der Waals surface area contributed by atoms with Crippen LogP contribution in [0.15, 0.2) is 4.40 Å². The van der Waals surface area contributed by atoms with E-state index in [1.165, 1.54) is 19.3 Å². The fraction of sp³-hybridized carbons (Fsp3) is 0.909. The van der Waals surface area contributed by atoms with Gasteiger partial charge in [0.05, 0.1) is 12.3 Å². The summed E-state index contributed by atoms with van der Waals surface area (Å²) in [6.07, 6.45) is 5.76. The summed E-state index contributed by atoms with van der Waals surface area (Å²) < 4.78 is 15.7. The molecular weight excluding hydrogens is 208 g/mol. The quantitative estimate of drug-likeness (QED) is 0.577. The second-order valence-electron chi connectivity index (χ2n) is 5.58.